The van der Waals surface area contributed by atoms with E-state index in [0.717, 1.165) is 36.4 Å². The molecule has 1 atom stereocenters. The fourth-order valence-electron chi connectivity index (χ4n) is 3.71. The Morgan fingerprint density at radius 1 is 1.15 bits per heavy atom. The largest absolute Gasteiger partial charge is 0.354 e. The van der Waals surface area contributed by atoms with Crippen molar-refractivity contribution < 1.29 is 0 Å². The Morgan fingerprint density at radius 2 is 2.08 bits per heavy atom. The van der Waals surface area contributed by atoms with Gasteiger partial charge in [0, 0.05) is 24.2 Å². The maximum absolute atomic E-state index is 4.67. The summed E-state index contributed by atoms with van der Waals surface area (Å²) in [6, 6.07) is 15.5. The summed E-state index contributed by atoms with van der Waals surface area (Å²) in [5, 5.41) is 8.03. The van der Waals surface area contributed by atoms with Crippen LogP contribution in [0.3, 0.4) is 0 Å². The summed E-state index contributed by atoms with van der Waals surface area (Å²) in [5.41, 5.74) is 4.73. The molecule has 0 amide bonds. The van der Waals surface area contributed by atoms with Crippen LogP contribution >= 0.6 is 0 Å². The standard InChI is InChI=1S/C22H26N4/c1-16-6-2-3-8-20(16)17-9-10-21-18(14-17)15-25-22(26-21)24-13-11-19-7-4-5-12-23-19/h2-3,6,8-10,14-15,19,23H,4-5,7,11-13H2,1H3,(H,24,25,26). The molecular formula is C22H26N4. The highest BCUT2D eigenvalue weighted by molar-refractivity contribution is 5.85. The first kappa shape index (κ1) is 17.0. The van der Waals surface area contributed by atoms with Crippen LogP contribution in [-0.4, -0.2) is 29.1 Å². The van der Waals surface area contributed by atoms with Crippen molar-refractivity contribution in [3.8, 4) is 11.1 Å². The summed E-state index contributed by atoms with van der Waals surface area (Å²) in [4.78, 5) is 9.18. The van der Waals surface area contributed by atoms with Crippen molar-refractivity contribution in [2.75, 3.05) is 18.4 Å². The number of hydrogen-bond acceptors (Lipinski definition) is 4. The van der Waals surface area contributed by atoms with Crippen molar-refractivity contribution in [1.29, 1.82) is 0 Å². The highest BCUT2D eigenvalue weighted by Crippen LogP contribution is 2.26. The topological polar surface area (TPSA) is 49.8 Å². The zero-order valence-electron chi connectivity index (χ0n) is 15.3. The number of aryl methyl sites for hydroxylation is 1. The van der Waals surface area contributed by atoms with E-state index in [4.69, 9.17) is 0 Å². The van der Waals surface area contributed by atoms with Gasteiger partial charge in [-0.1, -0.05) is 36.8 Å². The van der Waals surface area contributed by atoms with E-state index in [-0.39, 0.29) is 0 Å². The lowest BCUT2D eigenvalue weighted by Crippen LogP contribution is -2.35. The number of piperidine rings is 1. The van der Waals surface area contributed by atoms with Crippen LogP contribution in [0.4, 0.5) is 5.95 Å². The SMILES string of the molecule is Cc1ccccc1-c1ccc2nc(NCCC3CCCCN3)ncc2c1. The highest BCUT2D eigenvalue weighted by atomic mass is 15.1. The summed E-state index contributed by atoms with van der Waals surface area (Å²) < 4.78 is 0. The van der Waals surface area contributed by atoms with Gasteiger partial charge in [0.25, 0.3) is 0 Å². The first-order chi connectivity index (χ1) is 12.8. The predicted molar refractivity (Wildman–Crippen MR) is 108 cm³/mol. The summed E-state index contributed by atoms with van der Waals surface area (Å²) in [5.74, 6) is 0.719. The van der Waals surface area contributed by atoms with E-state index in [1.54, 1.807) is 0 Å². The summed E-state index contributed by atoms with van der Waals surface area (Å²) in [6.07, 6.45) is 6.97. The number of fused-ring (bicyclic) bond motifs is 1. The van der Waals surface area contributed by atoms with Crippen LogP contribution in [0.5, 0.6) is 0 Å². The number of nitrogens with one attached hydrogen (secondary N) is 2. The van der Waals surface area contributed by atoms with E-state index in [1.165, 1.54) is 36.0 Å². The smallest absolute Gasteiger partial charge is 0.223 e. The second-order valence-electron chi connectivity index (χ2n) is 7.14. The van der Waals surface area contributed by atoms with Gasteiger partial charge in [-0.15, -0.1) is 0 Å². The van der Waals surface area contributed by atoms with Gasteiger partial charge < -0.3 is 10.6 Å². The second kappa shape index (κ2) is 7.83. The molecule has 0 radical (unpaired) electrons. The number of aromatic nitrogens is 2. The molecule has 1 aromatic heterocycles. The van der Waals surface area contributed by atoms with E-state index < -0.39 is 0 Å². The Bertz CT molecular complexity index is 884. The molecule has 134 valence electrons. The molecule has 1 aliphatic heterocycles. The van der Waals surface area contributed by atoms with Crippen LogP contribution in [0.1, 0.15) is 31.2 Å². The van der Waals surface area contributed by atoms with Crippen molar-refractivity contribution in [2.24, 2.45) is 0 Å². The third-order valence-corrected chi connectivity index (χ3v) is 5.22. The van der Waals surface area contributed by atoms with Crippen LogP contribution < -0.4 is 10.6 Å². The molecular weight excluding hydrogens is 320 g/mol. The van der Waals surface area contributed by atoms with E-state index in [1.807, 2.05) is 6.20 Å². The minimum absolute atomic E-state index is 0.633. The van der Waals surface area contributed by atoms with Gasteiger partial charge in [-0.05, 0) is 61.6 Å². The lowest BCUT2D eigenvalue weighted by atomic mass is 9.99. The molecule has 3 aromatic rings. The normalized spacial score (nSPS) is 17.3. The minimum Gasteiger partial charge on any atom is -0.354 e. The molecule has 2 aromatic carbocycles. The van der Waals surface area contributed by atoms with E-state index in [9.17, 15) is 0 Å². The fourth-order valence-corrected chi connectivity index (χ4v) is 3.71. The molecule has 0 spiro atoms. The van der Waals surface area contributed by atoms with Gasteiger partial charge in [0.15, 0.2) is 0 Å². The molecule has 1 unspecified atom stereocenters. The summed E-state index contributed by atoms with van der Waals surface area (Å²) in [7, 11) is 0. The van der Waals surface area contributed by atoms with Crippen LogP contribution in [-0.2, 0) is 0 Å². The van der Waals surface area contributed by atoms with Crippen molar-refractivity contribution >= 4 is 16.9 Å². The molecule has 4 rings (SSSR count). The van der Waals surface area contributed by atoms with Gasteiger partial charge in [-0.25, -0.2) is 9.97 Å². The average Bonchev–Trinajstić information content (AvgIpc) is 2.69. The first-order valence-corrected chi connectivity index (χ1v) is 9.60. The third-order valence-electron chi connectivity index (χ3n) is 5.22. The predicted octanol–water partition coefficient (Wildman–Crippen LogP) is 4.55. The Balaban J connectivity index is 1.46. The molecule has 4 nitrogen and oxygen atoms in total. The maximum atomic E-state index is 4.67. The molecule has 0 saturated carbocycles. The molecule has 1 saturated heterocycles. The van der Waals surface area contributed by atoms with Gasteiger partial charge in [0.05, 0.1) is 5.52 Å². The summed E-state index contributed by atoms with van der Waals surface area (Å²) in [6.45, 7) is 4.20. The lowest BCUT2D eigenvalue weighted by Gasteiger charge is -2.23. The monoisotopic (exact) mass is 346 g/mol. The average molecular weight is 346 g/mol. The quantitative estimate of drug-likeness (QED) is 0.711. The summed E-state index contributed by atoms with van der Waals surface area (Å²) >= 11 is 0. The maximum Gasteiger partial charge on any atom is 0.223 e. The Labute approximate surface area is 155 Å². The van der Waals surface area contributed by atoms with E-state index >= 15 is 0 Å². The molecule has 0 bridgehead atoms. The van der Waals surface area contributed by atoms with Gasteiger partial charge in [0.2, 0.25) is 5.95 Å². The van der Waals surface area contributed by atoms with Crippen molar-refractivity contribution in [2.45, 2.75) is 38.6 Å². The lowest BCUT2D eigenvalue weighted by molar-refractivity contribution is 0.388. The van der Waals surface area contributed by atoms with Gasteiger partial charge in [0.1, 0.15) is 0 Å². The molecule has 0 aliphatic carbocycles. The van der Waals surface area contributed by atoms with Gasteiger partial charge in [-0.2, -0.15) is 0 Å². The number of nitrogens with zero attached hydrogens (tertiary/aromatic N) is 2. The zero-order chi connectivity index (χ0) is 17.8. The van der Waals surface area contributed by atoms with Crippen LogP contribution in [0.15, 0.2) is 48.7 Å². The van der Waals surface area contributed by atoms with Crippen molar-refractivity contribution in [3.63, 3.8) is 0 Å². The molecule has 26 heavy (non-hydrogen) atoms. The van der Waals surface area contributed by atoms with Crippen LogP contribution in [0.25, 0.3) is 22.0 Å². The minimum atomic E-state index is 0.633. The molecule has 2 heterocycles. The Morgan fingerprint density at radius 3 is 2.92 bits per heavy atom. The molecule has 1 aliphatic rings. The number of rotatable bonds is 5. The number of benzene rings is 2. The van der Waals surface area contributed by atoms with E-state index in [0.29, 0.717) is 6.04 Å². The Kier molecular flexibility index (Phi) is 5.12. The first-order valence-electron chi connectivity index (χ1n) is 9.60. The van der Waals surface area contributed by atoms with Crippen LogP contribution in [0, 0.1) is 6.92 Å². The zero-order valence-corrected chi connectivity index (χ0v) is 15.3. The molecule has 1 fully saturated rings. The number of hydrogen-bond donors (Lipinski definition) is 2. The van der Waals surface area contributed by atoms with Crippen molar-refractivity contribution in [1.82, 2.24) is 15.3 Å². The van der Waals surface area contributed by atoms with Crippen LogP contribution in [0.2, 0.25) is 0 Å². The highest BCUT2D eigenvalue weighted by Gasteiger charge is 2.12. The van der Waals surface area contributed by atoms with Crippen molar-refractivity contribution in [3.05, 3.63) is 54.2 Å². The van der Waals surface area contributed by atoms with E-state index in [2.05, 4.69) is 70.0 Å². The molecule has 2 N–H and O–H groups in total. The fraction of sp³-hybridized carbons (Fsp3) is 0.364. The Hall–Kier alpha value is -2.46. The third kappa shape index (κ3) is 3.86. The molecule has 4 heteroatoms. The van der Waals surface area contributed by atoms with Gasteiger partial charge in [-0.3, -0.25) is 0 Å². The second-order valence-corrected chi connectivity index (χ2v) is 7.14. The number of anilines is 1. The van der Waals surface area contributed by atoms with Gasteiger partial charge >= 0.3 is 0 Å².